The molecule has 1 aromatic heterocycles. The van der Waals surface area contributed by atoms with Gasteiger partial charge in [0.05, 0.1) is 4.34 Å². The van der Waals surface area contributed by atoms with E-state index in [2.05, 4.69) is 31.9 Å². The minimum absolute atomic E-state index is 0.176. The Bertz CT molecular complexity index is 309. The number of hydrogen-bond donors (Lipinski definition) is 1. The number of halogens is 1. The molecule has 0 saturated carbocycles. The van der Waals surface area contributed by atoms with E-state index in [1.165, 1.54) is 4.88 Å². The third-order valence-corrected chi connectivity index (χ3v) is 3.52. The third-order valence-electron chi connectivity index (χ3n) is 2.31. The highest BCUT2D eigenvalue weighted by Crippen LogP contribution is 2.23. The van der Waals surface area contributed by atoms with Crippen molar-refractivity contribution in [3.63, 3.8) is 0 Å². The Hall–Kier alpha value is -0.0900. The molecule has 2 nitrogen and oxygen atoms in total. The van der Waals surface area contributed by atoms with E-state index in [1.807, 2.05) is 6.07 Å². The highest BCUT2D eigenvalue weighted by molar-refractivity contribution is 7.16. The van der Waals surface area contributed by atoms with Gasteiger partial charge in [0.15, 0.2) is 0 Å². The quantitative estimate of drug-likeness (QED) is 0.866. The fourth-order valence-electron chi connectivity index (χ4n) is 1.55. The van der Waals surface area contributed by atoms with E-state index in [-0.39, 0.29) is 5.41 Å². The molecule has 0 spiro atoms. The van der Waals surface area contributed by atoms with Crippen LogP contribution in [0.5, 0.6) is 0 Å². The van der Waals surface area contributed by atoms with Crippen molar-refractivity contribution in [1.29, 1.82) is 0 Å². The Morgan fingerprint density at radius 2 is 2.13 bits per heavy atom. The first kappa shape index (κ1) is 13.0. The van der Waals surface area contributed by atoms with E-state index in [1.54, 1.807) is 11.3 Å². The van der Waals surface area contributed by atoms with Crippen molar-refractivity contribution >= 4 is 22.9 Å². The summed E-state index contributed by atoms with van der Waals surface area (Å²) >= 11 is 7.53. The first-order valence-electron chi connectivity index (χ1n) is 5.06. The number of hydrogen-bond acceptors (Lipinski definition) is 3. The van der Waals surface area contributed by atoms with Gasteiger partial charge < -0.3 is 10.6 Å². The molecule has 0 aliphatic rings. The van der Waals surface area contributed by atoms with E-state index < -0.39 is 0 Å². The first-order valence-corrected chi connectivity index (χ1v) is 6.25. The Kier molecular flexibility index (Phi) is 4.59. The van der Waals surface area contributed by atoms with Crippen molar-refractivity contribution in [1.82, 2.24) is 4.90 Å². The lowest BCUT2D eigenvalue weighted by Gasteiger charge is -2.28. The zero-order valence-corrected chi connectivity index (χ0v) is 11.2. The summed E-state index contributed by atoms with van der Waals surface area (Å²) in [6.07, 6.45) is 0. The van der Waals surface area contributed by atoms with E-state index in [0.29, 0.717) is 6.54 Å². The van der Waals surface area contributed by atoms with Crippen molar-refractivity contribution in [3.8, 4) is 0 Å². The molecule has 0 aliphatic carbocycles. The Morgan fingerprint density at radius 3 is 2.60 bits per heavy atom. The summed E-state index contributed by atoms with van der Waals surface area (Å²) in [5.41, 5.74) is 5.88. The smallest absolute Gasteiger partial charge is 0.0931 e. The molecular weight excluding hydrogens is 228 g/mol. The van der Waals surface area contributed by atoms with Gasteiger partial charge in [-0.15, -0.1) is 11.3 Å². The molecule has 0 amide bonds. The number of rotatable bonds is 5. The second kappa shape index (κ2) is 5.30. The maximum Gasteiger partial charge on any atom is 0.0931 e. The summed E-state index contributed by atoms with van der Waals surface area (Å²) in [4.78, 5) is 3.59. The lowest BCUT2D eigenvalue weighted by Crippen LogP contribution is -2.36. The lowest BCUT2D eigenvalue weighted by molar-refractivity contribution is 0.211. The van der Waals surface area contributed by atoms with Crippen molar-refractivity contribution in [2.45, 2.75) is 20.4 Å². The Morgan fingerprint density at radius 1 is 1.47 bits per heavy atom. The highest BCUT2D eigenvalue weighted by Gasteiger charge is 2.18. The van der Waals surface area contributed by atoms with Gasteiger partial charge in [0.1, 0.15) is 0 Å². The molecule has 0 unspecified atom stereocenters. The van der Waals surface area contributed by atoms with Gasteiger partial charge in [-0.3, -0.25) is 0 Å². The molecule has 86 valence electrons. The van der Waals surface area contributed by atoms with Crippen LogP contribution in [0.3, 0.4) is 0 Å². The second-order valence-electron chi connectivity index (χ2n) is 4.75. The number of thiophene rings is 1. The SMILES string of the molecule is CN(Cc1ccc(Cl)s1)CC(C)(C)CN. The zero-order chi connectivity index (χ0) is 11.5. The standard InChI is InChI=1S/C11H19ClN2S/c1-11(2,7-13)8-14(3)6-9-4-5-10(12)15-9/h4-5H,6-8,13H2,1-3H3. The monoisotopic (exact) mass is 246 g/mol. The van der Waals surface area contributed by atoms with Gasteiger partial charge in [0.2, 0.25) is 0 Å². The van der Waals surface area contributed by atoms with Crippen molar-refractivity contribution in [3.05, 3.63) is 21.3 Å². The predicted molar refractivity (Wildman–Crippen MR) is 68.5 cm³/mol. The van der Waals surface area contributed by atoms with Crippen LogP contribution in [0, 0.1) is 5.41 Å². The van der Waals surface area contributed by atoms with Crippen LogP contribution in [0.2, 0.25) is 4.34 Å². The van der Waals surface area contributed by atoms with Gasteiger partial charge in [-0.2, -0.15) is 0 Å². The molecule has 15 heavy (non-hydrogen) atoms. The summed E-state index contributed by atoms with van der Waals surface area (Å²) < 4.78 is 0.858. The summed E-state index contributed by atoms with van der Waals surface area (Å²) in [5.74, 6) is 0. The van der Waals surface area contributed by atoms with Gasteiger partial charge in [0, 0.05) is 18.0 Å². The van der Waals surface area contributed by atoms with E-state index in [0.717, 1.165) is 17.4 Å². The van der Waals surface area contributed by atoms with Gasteiger partial charge in [0.25, 0.3) is 0 Å². The molecule has 0 bridgehead atoms. The lowest BCUT2D eigenvalue weighted by atomic mass is 9.93. The molecule has 0 atom stereocenters. The second-order valence-corrected chi connectivity index (χ2v) is 6.55. The molecule has 1 heterocycles. The van der Waals surface area contributed by atoms with Crippen LogP contribution in [0.4, 0.5) is 0 Å². The van der Waals surface area contributed by atoms with E-state index in [4.69, 9.17) is 17.3 Å². The van der Waals surface area contributed by atoms with Crippen molar-refractivity contribution in [2.24, 2.45) is 11.1 Å². The molecule has 0 radical (unpaired) electrons. The molecule has 1 rings (SSSR count). The fourth-order valence-corrected chi connectivity index (χ4v) is 2.72. The summed E-state index contributed by atoms with van der Waals surface area (Å²) in [6, 6.07) is 4.03. The van der Waals surface area contributed by atoms with Gasteiger partial charge in [-0.25, -0.2) is 0 Å². The average Bonchev–Trinajstić information content (AvgIpc) is 2.50. The van der Waals surface area contributed by atoms with Crippen LogP contribution in [-0.2, 0) is 6.54 Å². The third kappa shape index (κ3) is 4.51. The van der Waals surface area contributed by atoms with Crippen LogP contribution >= 0.6 is 22.9 Å². The van der Waals surface area contributed by atoms with Crippen LogP contribution in [0.25, 0.3) is 0 Å². The molecule has 0 fully saturated rings. The fraction of sp³-hybridized carbons (Fsp3) is 0.636. The number of nitrogens with two attached hydrogens (primary N) is 1. The first-order chi connectivity index (χ1) is 6.93. The van der Waals surface area contributed by atoms with E-state index in [9.17, 15) is 0 Å². The molecule has 1 aromatic rings. The average molecular weight is 247 g/mol. The summed E-state index contributed by atoms with van der Waals surface area (Å²) in [5, 5.41) is 0. The summed E-state index contributed by atoms with van der Waals surface area (Å²) in [7, 11) is 2.12. The van der Waals surface area contributed by atoms with Gasteiger partial charge in [-0.05, 0) is 31.1 Å². The molecule has 4 heteroatoms. The molecule has 2 N–H and O–H groups in total. The predicted octanol–water partition coefficient (Wildman–Crippen LogP) is 2.82. The Balaban J connectivity index is 2.46. The largest absolute Gasteiger partial charge is 0.330 e. The Labute approximate surface area is 101 Å². The maximum absolute atomic E-state index is 5.88. The normalized spacial score (nSPS) is 12.4. The van der Waals surface area contributed by atoms with Crippen LogP contribution in [0.1, 0.15) is 18.7 Å². The molecule has 0 saturated heterocycles. The van der Waals surface area contributed by atoms with Crippen LogP contribution in [-0.4, -0.2) is 25.0 Å². The minimum Gasteiger partial charge on any atom is -0.330 e. The zero-order valence-electron chi connectivity index (χ0n) is 9.59. The maximum atomic E-state index is 5.88. The molecule has 0 aromatic carbocycles. The van der Waals surface area contributed by atoms with Crippen molar-refractivity contribution in [2.75, 3.05) is 20.1 Å². The topological polar surface area (TPSA) is 29.3 Å². The van der Waals surface area contributed by atoms with Crippen molar-refractivity contribution < 1.29 is 0 Å². The van der Waals surface area contributed by atoms with Crippen LogP contribution < -0.4 is 5.73 Å². The molecule has 0 aliphatic heterocycles. The van der Waals surface area contributed by atoms with Gasteiger partial charge >= 0.3 is 0 Å². The van der Waals surface area contributed by atoms with E-state index >= 15 is 0 Å². The van der Waals surface area contributed by atoms with Crippen LogP contribution in [0.15, 0.2) is 12.1 Å². The highest BCUT2D eigenvalue weighted by atomic mass is 35.5. The summed E-state index contributed by atoms with van der Waals surface area (Å²) in [6.45, 7) is 7.03. The minimum atomic E-state index is 0.176. The van der Waals surface area contributed by atoms with Gasteiger partial charge in [-0.1, -0.05) is 25.4 Å². The molecular formula is C11H19ClN2S. The number of nitrogens with zero attached hydrogens (tertiary/aromatic N) is 1.